The standard InChI is InChI=1S/C34H54F3N3O6Si2/c1-12-45-32(43)25-15-13-14-23-24-16-17-39(31(42)29(24)40(28(23)25)21-44-18-19-47(7,8)9)20-26(41)38-27(22(2)3)30(34(35,36)37)46-48(10,11)33(4,5)6/h13-15,22,27,30H,12,16-21H2,1-11H3,(H,38,41). The summed E-state index contributed by atoms with van der Waals surface area (Å²) in [6, 6.07) is 4.77. The van der Waals surface area contributed by atoms with Gasteiger partial charge in [0.1, 0.15) is 12.4 Å². The van der Waals surface area contributed by atoms with Crippen molar-refractivity contribution in [1.82, 2.24) is 14.8 Å². The summed E-state index contributed by atoms with van der Waals surface area (Å²) in [5.74, 6) is -2.30. The lowest BCUT2D eigenvalue weighted by Crippen LogP contribution is -2.60. The highest BCUT2D eigenvalue weighted by molar-refractivity contribution is 6.76. The van der Waals surface area contributed by atoms with Crippen molar-refractivity contribution in [2.75, 3.05) is 26.3 Å². The van der Waals surface area contributed by atoms with Gasteiger partial charge in [0, 0.05) is 26.6 Å². The van der Waals surface area contributed by atoms with Crippen LogP contribution in [0.25, 0.3) is 10.9 Å². The zero-order valence-corrected chi connectivity index (χ0v) is 32.4. The molecule has 1 aromatic heterocycles. The number of ether oxygens (including phenoxy) is 2. The number of halogens is 3. The molecule has 0 bridgehead atoms. The van der Waals surface area contributed by atoms with Crippen molar-refractivity contribution in [3.8, 4) is 0 Å². The number of benzene rings is 1. The zero-order valence-electron chi connectivity index (χ0n) is 30.4. The van der Waals surface area contributed by atoms with Gasteiger partial charge in [-0.2, -0.15) is 13.2 Å². The van der Waals surface area contributed by atoms with Gasteiger partial charge in [-0.25, -0.2) is 4.79 Å². The van der Waals surface area contributed by atoms with E-state index in [1.54, 1.807) is 50.6 Å². The fourth-order valence-electron chi connectivity index (χ4n) is 5.50. The van der Waals surface area contributed by atoms with Crippen LogP contribution in [0.1, 0.15) is 68.0 Å². The van der Waals surface area contributed by atoms with Crippen LogP contribution < -0.4 is 5.32 Å². The quantitative estimate of drug-likeness (QED) is 0.126. The molecule has 1 aromatic carbocycles. The number of nitrogens with one attached hydrogen (secondary N) is 1. The number of nitrogens with zero attached hydrogens (tertiary/aromatic N) is 2. The van der Waals surface area contributed by atoms with E-state index >= 15 is 0 Å². The molecule has 0 radical (unpaired) electrons. The molecule has 3 rings (SSSR count). The molecule has 1 aliphatic rings. The van der Waals surface area contributed by atoms with Gasteiger partial charge in [-0.3, -0.25) is 9.59 Å². The van der Waals surface area contributed by atoms with Crippen LogP contribution in [-0.2, 0) is 31.8 Å². The lowest BCUT2D eigenvalue weighted by atomic mass is 9.98. The van der Waals surface area contributed by atoms with Crippen LogP contribution in [0.15, 0.2) is 18.2 Å². The SMILES string of the molecule is CCOC(=O)c1cccc2c3c(n(COCC[Si](C)(C)C)c12)C(=O)N(CC(=O)NC(C(C)C)C(O[Si](C)(C)C(C)(C)C)C(F)(F)F)CC3. The first kappa shape index (κ1) is 39.7. The average molecular weight is 714 g/mol. The second kappa shape index (κ2) is 15.1. The van der Waals surface area contributed by atoms with Crippen molar-refractivity contribution < 1.29 is 41.5 Å². The minimum Gasteiger partial charge on any atom is -0.462 e. The molecule has 14 heteroatoms. The number of aromatic nitrogens is 1. The number of amides is 2. The number of esters is 1. The maximum Gasteiger partial charge on any atom is 0.415 e. The Hall–Kier alpha value is -2.69. The predicted octanol–water partition coefficient (Wildman–Crippen LogP) is 7.22. The van der Waals surface area contributed by atoms with E-state index in [9.17, 15) is 27.6 Å². The molecule has 2 atom stereocenters. The maximum atomic E-state index is 14.5. The highest BCUT2D eigenvalue weighted by Crippen LogP contribution is 2.41. The molecule has 0 saturated heterocycles. The van der Waals surface area contributed by atoms with Gasteiger partial charge in [0.2, 0.25) is 5.91 Å². The fraction of sp³-hybridized carbons (Fsp3) is 0.676. The van der Waals surface area contributed by atoms with Gasteiger partial charge in [0.15, 0.2) is 14.4 Å². The van der Waals surface area contributed by atoms with Crippen molar-refractivity contribution in [3.63, 3.8) is 0 Å². The van der Waals surface area contributed by atoms with Crippen molar-refractivity contribution in [2.45, 2.75) is 117 Å². The number of fused-ring (bicyclic) bond motifs is 3. The first-order valence-electron chi connectivity index (χ1n) is 16.7. The zero-order chi connectivity index (χ0) is 36.4. The van der Waals surface area contributed by atoms with E-state index in [2.05, 4.69) is 25.0 Å². The fourth-order valence-corrected chi connectivity index (χ4v) is 7.52. The summed E-state index contributed by atoms with van der Waals surface area (Å²) < 4.78 is 62.4. The minimum absolute atomic E-state index is 0.00594. The van der Waals surface area contributed by atoms with Crippen molar-refractivity contribution in [3.05, 3.63) is 35.0 Å². The highest BCUT2D eigenvalue weighted by atomic mass is 28.4. The van der Waals surface area contributed by atoms with E-state index in [-0.39, 0.29) is 19.9 Å². The summed E-state index contributed by atoms with van der Waals surface area (Å²) in [6.07, 6.45) is -6.55. The summed E-state index contributed by atoms with van der Waals surface area (Å²) in [5.41, 5.74) is 1.84. The Morgan fingerprint density at radius 2 is 1.71 bits per heavy atom. The lowest BCUT2D eigenvalue weighted by Gasteiger charge is -2.43. The van der Waals surface area contributed by atoms with Gasteiger partial charge in [-0.1, -0.05) is 66.4 Å². The first-order valence-corrected chi connectivity index (χ1v) is 23.3. The molecule has 2 heterocycles. The normalized spacial score (nSPS) is 15.9. The van der Waals surface area contributed by atoms with E-state index in [0.29, 0.717) is 29.8 Å². The maximum absolute atomic E-state index is 14.5. The summed E-state index contributed by atoms with van der Waals surface area (Å²) in [6.45, 7) is 21.1. The number of rotatable bonds is 14. The molecule has 0 saturated carbocycles. The van der Waals surface area contributed by atoms with Gasteiger partial charge >= 0.3 is 12.1 Å². The van der Waals surface area contributed by atoms with Crippen molar-refractivity contribution in [2.24, 2.45) is 5.92 Å². The van der Waals surface area contributed by atoms with Gasteiger partial charge in [0.25, 0.3) is 5.91 Å². The number of carbonyl (C=O) groups excluding carboxylic acids is 3. The summed E-state index contributed by atoms with van der Waals surface area (Å²) in [4.78, 5) is 41.9. The van der Waals surface area contributed by atoms with Crippen LogP contribution in [0.3, 0.4) is 0 Å². The highest BCUT2D eigenvalue weighted by Gasteiger charge is 2.52. The van der Waals surface area contributed by atoms with Gasteiger partial charge in [-0.05, 0) is 55.1 Å². The molecule has 2 unspecified atom stereocenters. The number of carbonyl (C=O) groups is 3. The smallest absolute Gasteiger partial charge is 0.415 e. The molecule has 270 valence electrons. The van der Waals surface area contributed by atoms with E-state index < -0.39 is 70.0 Å². The Labute approximate surface area is 285 Å². The van der Waals surface area contributed by atoms with Gasteiger partial charge < -0.3 is 28.7 Å². The molecule has 0 aliphatic carbocycles. The topological polar surface area (TPSA) is 99.1 Å². The van der Waals surface area contributed by atoms with Gasteiger partial charge in [0.05, 0.1) is 30.3 Å². The predicted molar refractivity (Wildman–Crippen MR) is 187 cm³/mol. The molecular formula is C34H54F3N3O6Si2. The largest absolute Gasteiger partial charge is 0.462 e. The third-order valence-corrected chi connectivity index (χ3v) is 15.4. The number of para-hydroxylation sites is 1. The molecule has 1 aliphatic heterocycles. The Balaban J connectivity index is 1.95. The van der Waals surface area contributed by atoms with Crippen molar-refractivity contribution in [1.29, 1.82) is 0 Å². The molecule has 48 heavy (non-hydrogen) atoms. The summed E-state index contributed by atoms with van der Waals surface area (Å²) in [5, 5.41) is 2.82. The van der Waals surface area contributed by atoms with Crippen LogP contribution >= 0.6 is 0 Å². The molecule has 0 fully saturated rings. The number of hydrogen-bond acceptors (Lipinski definition) is 6. The molecule has 9 nitrogen and oxygen atoms in total. The van der Waals surface area contributed by atoms with Crippen LogP contribution in [0.4, 0.5) is 13.2 Å². The number of hydrogen-bond donors (Lipinski definition) is 1. The molecular weight excluding hydrogens is 660 g/mol. The average Bonchev–Trinajstić information content (AvgIpc) is 3.27. The van der Waals surface area contributed by atoms with E-state index in [0.717, 1.165) is 17.0 Å². The van der Waals surface area contributed by atoms with Crippen LogP contribution in [0.5, 0.6) is 0 Å². The van der Waals surface area contributed by atoms with E-state index in [4.69, 9.17) is 13.9 Å². The van der Waals surface area contributed by atoms with Crippen LogP contribution in [0.2, 0.25) is 43.8 Å². The lowest BCUT2D eigenvalue weighted by molar-refractivity contribution is -0.210. The van der Waals surface area contributed by atoms with E-state index in [1.807, 2.05) is 26.8 Å². The van der Waals surface area contributed by atoms with Crippen LogP contribution in [0, 0.1) is 5.92 Å². The summed E-state index contributed by atoms with van der Waals surface area (Å²) in [7, 11) is -4.29. The molecule has 0 spiro atoms. The summed E-state index contributed by atoms with van der Waals surface area (Å²) >= 11 is 0. The Morgan fingerprint density at radius 3 is 2.25 bits per heavy atom. The first-order chi connectivity index (χ1) is 22.0. The molecule has 1 N–H and O–H groups in total. The Kier molecular flexibility index (Phi) is 12.5. The van der Waals surface area contributed by atoms with Gasteiger partial charge in [-0.15, -0.1) is 0 Å². The third kappa shape index (κ3) is 9.30. The second-order valence-corrected chi connectivity index (χ2v) is 26.1. The molecule has 2 amide bonds. The second-order valence-electron chi connectivity index (χ2n) is 15.7. The monoisotopic (exact) mass is 713 g/mol. The minimum atomic E-state index is -4.72. The third-order valence-electron chi connectivity index (χ3n) is 9.28. The number of alkyl halides is 3. The van der Waals surface area contributed by atoms with Crippen molar-refractivity contribution >= 4 is 45.1 Å². The van der Waals surface area contributed by atoms with E-state index in [1.165, 1.54) is 4.90 Å². The molecule has 2 aromatic rings. The Morgan fingerprint density at radius 1 is 1.06 bits per heavy atom. The van der Waals surface area contributed by atoms with Crippen LogP contribution in [-0.4, -0.2) is 88.3 Å². The Bertz CT molecular complexity index is 1480.